The Hall–Kier alpha value is -1.82. The van der Waals surface area contributed by atoms with Gasteiger partial charge < -0.3 is 10.1 Å². The zero-order valence-electron chi connectivity index (χ0n) is 14.1. The topological polar surface area (TPSA) is 56.1 Å². The second-order valence-corrected chi connectivity index (χ2v) is 6.41. The Kier molecular flexibility index (Phi) is 5.46. The normalized spacial score (nSPS) is 12.1. The van der Waals surface area contributed by atoms with Crippen molar-refractivity contribution in [2.24, 2.45) is 7.05 Å². The lowest BCUT2D eigenvalue weighted by atomic mass is 9.98. The molecule has 23 heavy (non-hydrogen) atoms. The first-order chi connectivity index (χ1) is 10.8. The van der Waals surface area contributed by atoms with Crippen LogP contribution in [0.25, 0.3) is 0 Å². The smallest absolute Gasteiger partial charge is 0.231 e. The third kappa shape index (κ3) is 3.75. The first kappa shape index (κ1) is 17.5. The lowest BCUT2D eigenvalue weighted by Gasteiger charge is -2.16. The molecule has 0 aliphatic rings. The van der Waals surface area contributed by atoms with Crippen LogP contribution in [0.3, 0.4) is 0 Å². The summed E-state index contributed by atoms with van der Waals surface area (Å²) in [6, 6.07) is 5.58. The van der Waals surface area contributed by atoms with Crippen molar-refractivity contribution < 1.29 is 9.53 Å². The van der Waals surface area contributed by atoms with Crippen LogP contribution in [0.5, 0.6) is 5.75 Å². The van der Waals surface area contributed by atoms with Gasteiger partial charge in [-0.3, -0.25) is 9.48 Å². The maximum Gasteiger partial charge on any atom is 0.231 e. The van der Waals surface area contributed by atoms with Gasteiger partial charge in [-0.05, 0) is 45.9 Å². The number of carbonyl (C=O) groups excluding carboxylic acids is 1. The average Bonchev–Trinajstić information content (AvgIpc) is 2.74. The minimum absolute atomic E-state index is 0.0803. The molecule has 0 saturated carbocycles. The Labute approximate surface area is 145 Å². The van der Waals surface area contributed by atoms with Gasteiger partial charge in [-0.2, -0.15) is 5.10 Å². The number of nitrogens with zero attached hydrogens (tertiary/aromatic N) is 2. The Morgan fingerprint density at radius 1 is 1.43 bits per heavy atom. The Balaban J connectivity index is 2.26. The fourth-order valence-electron chi connectivity index (χ4n) is 2.67. The van der Waals surface area contributed by atoms with E-state index in [2.05, 4.69) is 26.3 Å². The minimum Gasteiger partial charge on any atom is -0.492 e. The van der Waals surface area contributed by atoms with Gasteiger partial charge in [0.2, 0.25) is 5.91 Å². The third-order valence-corrected chi connectivity index (χ3v) is 4.38. The maximum atomic E-state index is 12.7. The van der Waals surface area contributed by atoms with Crippen molar-refractivity contribution in [1.82, 2.24) is 9.78 Å². The number of hydrogen-bond donors (Lipinski definition) is 1. The van der Waals surface area contributed by atoms with E-state index in [0.717, 1.165) is 21.4 Å². The number of nitrogens with one attached hydrogen (secondary N) is 1. The molecule has 2 rings (SSSR count). The van der Waals surface area contributed by atoms with E-state index >= 15 is 0 Å². The van der Waals surface area contributed by atoms with Gasteiger partial charge in [-0.1, -0.05) is 15.9 Å². The number of hydrogen-bond acceptors (Lipinski definition) is 3. The highest BCUT2D eigenvalue weighted by atomic mass is 79.9. The van der Waals surface area contributed by atoms with Crippen molar-refractivity contribution in [2.75, 3.05) is 11.9 Å². The van der Waals surface area contributed by atoms with Crippen molar-refractivity contribution in [1.29, 1.82) is 0 Å². The molecule has 1 N–H and O–H groups in total. The second-order valence-electron chi connectivity index (χ2n) is 5.49. The summed E-state index contributed by atoms with van der Waals surface area (Å²) in [6.45, 7) is 8.25. The van der Waals surface area contributed by atoms with E-state index in [4.69, 9.17) is 4.74 Å². The van der Waals surface area contributed by atoms with Gasteiger partial charge in [0, 0.05) is 22.8 Å². The number of benzene rings is 1. The Morgan fingerprint density at radius 2 is 2.13 bits per heavy atom. The zero-order chi connectivity index (χ0) is 17.1. The molecule has 0 aliphatic carbocycles. The van der Waals surface area contributed by atoms with Crippen LogP contribution in [0.4, 0.5) is 5.69 Å². The van der Waals surface area contributed by atoms with Crippen LogP contribution < -0.4 is 10.1 Å². The lowest BCUT2D eigenvalue weighted by Crippen LogP contribution is -2.20. The molecule has 0 radical (unpaired) electrons. The summed E-state index contributed by atoms with van der Waals surface area (Å²) in [4.78, 5) is 12.7. The molecule has 0 aliphatic heterocycles. The molecule has 1 aromatic heterocycles. The van der Waals surface area contributed by atoms with Crippen LogP contribution in [0.15, 0.2) is 22.7 Å². The predicted octanol–water partition coefficient (Wildman–Crippen LogP) is 3.94. The van der Waals surface area contributed by atoms with E-state index in [1.807, 2.05) is 52.9 Å². The first-order valence-electron chi connectivity index (χ1n) is 7.58. The summed E-state index contributed by atoms with van der Waals surface area (Å²) >= 11 is 3.43. The highest BCUT2D eigenvalue weighted by Crippen LogP contribution is 2.30. The van der Waals surface area contributed by atoms with Gasteiger partial charge in [-0.15, -0.1) is 0 Å². The molecule has 0 bridgehead atoms. The van der Waals surface area contributed by atoms with Gasteiger partial charge in [0.25, 0.3) is 0 Å². The van der Waals surface area contributed by atoms with Crippen LogP contribution in [-0.4, -0.2) is 22.3 Å². The summed E-state index contributed by atoms with van der Waals surface area (Å²) in [5, 5.41) is 7.35. The monoisotopic (exact) mass is 379 g/mol. The average molecular weight is 380 g/mol. The summed E-state index contributed by atoms with van der Waals surface area (Å²) in [7, 11) is 1.89. The summed E-state index contributed by atoms with van der Waals surface area (Å²) < 4.78 is 8.27. The highest BCUT2D eigenvalue weighted by Gasteiger charge is 2.23. The fraction of sp³-hybridized carbons (Fsp3) is 0.412. The van der Waals surface area contributed by atoms with Crippen molar-refractivity contribution >= 4 is 27.5 Å². The molecule has 0 fully saturated rings. The zero-order valence-corrected chi connectivity index (χ0v) is 15.7. The highest BCUT2D eigenvalue weighted by molar-refractivity contribution is 9.10. The van der Waals surface area contributed by atoms with Crippen LogP contribution in [0.1, 0.15) is 36.7 Å². The molecule has 1 amide bonds. The van der Waals surface area contributed by atoms with Crippen LogP contribution in [0.2, 0.25) is 0 Å². The number of rotatable bonds is 5. The standard InChI is InChI=1S/C17H22BrN3O2/c1-6-23-15-8-7-13(18)9-14(15)19-17(22)10(2)16-11(3)20-21(5)12(16)4/h7-10H,6H2,1-5H3,(H,19,22). The Bertz CT molecular complexity index is 725. The molecule has 1 atom stereocenters. The van der Waals surface area contributed by atoms with Gasteiger partial charge in [0.15, 0.2) is 0 Å². The van der Waals surface area contributed by atoms with Gasteiger partial charge >= 0.3 is 0 Å². The quantitative estimate of drug-likeness (QED) is 0.855. The van der Waals surface area contributed by atoms with Crippen molar-refractivity contribution in [2.45, 2.75) is 33.6 Å². The molecule has 0 spiro atoms. The molecular weight excluding hydrogens is 358 g/mol. The summed E-state index contributed by atoms with van der Waals surface area (Å²) in [6.07, 6.45) is 0. The van der Waals surface area contributed by atoms with Crippen molar-refractivity contribution in [3.8, 4) is 5.75 Å². The molecule has 5 nitrogen and oxygen atoms in total. The number of ether oxygens (including phenoxy) is 1. The predicted molar refractivity (Wildman–Crippen MR) is 95.0 cm³/mol. The minimum atomic E-state index is -0.294. The summed E-state index contributed by atoms with van der Waals surface area (Å²) in [5.74, 6) is 0.288. The molecule has 124 valence electrons. The van der Waals surface area contributed by atoms with Crippen LogP contribution >= 0.6 is 15.9 Å². The summed E-state index contributed by atoms with van der Waals surface area (Å²) in [5.41, 5.74) is 3.52. The molecule has 2 aromatic rings. The number of anilines is 1. The second kappa shape index (κ2) is 7.17. The van der Waals surface area contributed by atoms with Gasteiger partial charge in [0.05, 0.1) is 23.9 Å². The van der Waals surface area contributed by atoms with E-state index < -0.39 is 0 Å². The number of carbonyl (C=O) groups is 1. The SMILES string of the molecule is CCOc1ccc(Br)cc1NC(=O)C(C)c1c(C)nn(C)c1C. The number of aromatic nitrogens is 2. The van der Waals surface area contributed by atoms with Crippen molar-refractivity contribution in [3.63, 3.8) is 0 Å². The van der Waals surface area contributed by atoms with Crippen LogP contribution in [0, 0.1) is 13.8 Å². The molecular formula is C17H22BrN3O2. The molecule has 1 heterocycles. The third-order valence-electron chi connectivity index (χ3n) is 3.89. The van der Waals surface area contributed by atoms with E-state index in [9.17, 15) is 4.79 Å². The van der Waals surface area contributed by atoms with Crippen molar-refractivity contribution in [3.05, 3.63) is 39.6 Å². The number of halogens is 1. The Morgan fingerprint density at radius 3 is 2.70 bits per heavy atom. The van der Waals surface area contributed by atoms with Gasteiger partial charge in [0.1, 0.15) is 5.75 Å². The number of amides is 1. The first-order valence-corrected chi connectivity index (χ1v) is 8.37. The molecule has 1 aromatic carbocycles. The lowest BCUT2D eigenvalue weighted by molar-refractivity contribution is -0.117. The van der Waals surface area contributed by atoms with E-state index in [1.54, 1.807) is 4.68 Å². The maximum absolute atomic E-state index is 12.7. The fourth-order valence-corrected chi connectivity index (χ4v) is 3.03. The van der Waals surface area contributed by atoms with Gasteiger partial charge in [-0.25, -0.2) is 0 Å². The largest absolute Gasteiger partial charge is 0.492 e. The van der Waals surface area contributed by atoms with E-state index in [0.29, 0.717) is 18.0 Å². The van der Waals surface area contributed by atoms with E-state index in [1.165, 1.54) is 0 Å². The molecule has 1 unspecified atom stereocenters. The molecule has 6 heteroatoms. The van der Waals surface area contributed by atoms with Crippen LogP contribution in [-0.2, 0) is 11.8 Å². The molecule has 0 saturated heterocycles. The number of aryl methyl sites for hydroxylation is 2. The van der Waals surface area contributed by atoms with E-state index in [-0.39, 0.29) is 11.8 Å².